The molecule has 19 heavy (non-hydrogen) atoms. The molecule has 0 aliphatic carbocycles. The number of hydrogen-bond acceptors (Lipinski definition) is 4. The summed E-state index contributed by atoms with van der Waals surface area (Å²) in [7, 11) is 1.27. The molecule has 108 valence electrons. The maximum absolute atomic E-state index is 11.9. The van der Waals surface area contributed by atoms with Gasteiger partial charge in [0, 0.05) is 13.1 Å². The minimum Gasteiger partial charge on any atom is -0.480 e. The highest BCUT2D eigenvalue weighted by molar-refractivity contribution is 5.83. The van der Waals surface area contributed by atoms with E-state index >= 15 is 0 Å². The number of carbonyl (C=O) groups excluding carboxylic acids is 2. The topological polar surface area (TPSA) is 95.9 Å². The Bertz CT molecular complexity index is 358. The summed E-state index contributed by atoms with van der Waals surface area (Å²) in [6, 6.07) is -1.24. The molecule has 1 aliphatic rings. The molecular weight excluding hydrogens is 252 g/mol. The number of esters is 1. The van der Waals surface area contributed by atoms with E-state index in [0.717, 1.165) is 12.8 Å². The van der Waals surface area contributed by atoms with Crippen LogP contribution in [0.25, 0.3) is 0 Å². The highest BCUT2D eigenvalue weighted by Gasteiger charge is 2.36. The van der Waals surface area contributed by atoms with Gasteiger partial charge in [0.2, 0.25) is 0 Å². The molecule has 1 fully saturated rings. The first-order valence-corrected chi connectivity index (χ1v) is 6.31. The Labute approximate surface area is 111 Å². The molecule has 1 saturated heterocycles. The van der Waals surface area contributed by atoms with Crippen molar-refractivity contribution >= 4 is 18.0 Å². The Kier molecular flexibility index (Phi) is 5.59. The van der Waals surface area contributed by atoms with Crippen LogP contribution in [0.15, 0.2) is 0 Å². The van der Waals surface area contributed by atoms with Crippen molar-refractivity contribution in [2.75, 3.05) is 20.2 Å². The van der Waals surface area contributed by atoms with Gasteiger partial charge >= 0.3 is 18.0 Å². The molecule has 0 aromatic heterocycles. The number of hydrogen-bond donors (Lipinski definition) is 2. The number of nitrogens with one attached hydrogen (secondary N) is 1. The van der Waals surface area contributed by atoms with Crippen LogP contribution >= 0.6 is 0 Å². The second-order valence-electron chi connectivity index (χ2n) is 4.65. The zero-order valence-corrected chi connectivity index (χ0v) is 11.2. The highest BCUT2D eigenvalue weighted by Crippen LogP contribution is 2.23. The molecule has 0 spiro atoms. The lowest BCUT2D eigenvalue weighted by molar-refractivity contribution is -0.145. The Morgan fingerprint density at radius 2 is 2.11 bits per heavy atom. The summed E-state index contributed by atoms with van der Waals surface area (Å²) in [5.41, 5.74) is 0. The van der Waals surface area contributed by atoms with Gasteiger partial charge in [0.05, 0.1) is 13.5 Å². The molecule has 1 rings (SSSR count). The Morgan fingerprint density at radius 3 is 2.68 bits per heavy atom. The van der Waals surface area contributed by atoms with Crippen LogP contribution in [0, 0.1) is 5.92 Å². The van der Waals surface area contributed by atoms with Gasteiger partial charge in [0.1, 0.15) is 6.04 Å². The number of rotatable bonds is 4. The van der Waals surface area contributed by atoms with Crippen LogP contribution in [0.4, 0.5) is 4.79 Å². The van der Waals surface area contributed by atoms with Crippen molar-refractivity contribution in [3.63, 3.8) is 0 Å². The lowest BCUT2D eigenvalue weighted by atomic mass is 9.91. The SMILES string of the molecule is COC(=O)CCNC(=O)N1CCCC(C)C1C(=O)O. The summed E-state index contributed by atoms with van der Waals surface area (Å²) in [6.07, 6.45) is 1.65. The quantitative estimate of drug-likeness (QED) is 0.724. The summed E-state index contributed by atoms with van der Waals surface area (Å²) < 4.78 is 4.46. The molecule has 0 radical (unpaired) electrons. The van der Waals surface area contributed by atoms with Crippen LogP contribution in [-0.4, -0.2) is 54.2 Å². The molecule has 0 bridgehead atoms. The first kappa shape index (κ1) is 15.3. The molecule has 2 atom stereocenters. The van der Waals surface area contributed by atoms with Crippen molar-refractivity contribution in [3.05, 3.63) is 0 Å². The van der Waals surface area contributed by atoms with E-state index in [-0.39, 0.29) is 18.9 Å². The van der Waals surface area contributed by atoms with Gasteiger partial charge in [0.15, 0.2) is 0 Å². The average molecular weight is 272 g/mol. The van der Waals surface area contributed by atoms with Crippen molar-refractivity contribution < 1.29 is 24.2 Å². The summed E-state index contributed by atoms with van der Waals surface area (Å²) in [5.74, 6) is -1.48. The van der Waals surface area contributed by atoms with E-state index in [1.54, 1.807) is 0 Å². The molecule has 0 saturated carbocycles. The van der Waals surface area contributed by atoms with E-state index in [0.29, 0.717) is 6.54 Å². The second-order valence-corrected chi connectivity index (χ2v) is 4.65. The fourth-order valence-corrected chi connectivity index (χ4v) is 2.27. The number of piperidine rings is 1. The molecular formula is C12H20N2O5. The molecule has 7 nitrogen and oxygen atoms in total. The Hall–Kier alpha value is -1.79. The number of carboxylic acid groups (broad SMARTS) is 1. The number of amides is 2. The summed E-state index contributed by atoms with van der Waals surface area (Å²) in [4.78, 5) is 35.4. The molecule has 2 unspecified atom stereocenters. The van der Waals surface area contributed by atoms with Gasteiger partial charge in [-0.1, -0.05) is 6.92 Å². The van der Waals surface area contributed by atoms with E-state index < -0.39 is 24.0 Å². The van der Waals surface area contributed by atoms with E-state index in [1.807, 2.05) is 6.92 Å². The monoisotopic (exact) mass is 272 g/mol. The van der Waals surface area contributed by atoms with E-state index in [4.69, 9.17) is 0 Å². The number of carbonyl (C=O) groups is 3. The maximum Gasteiger partial charge on any atom is 0.326 e. The molecule has 7 heteroatoms. The molecule has 0 aromatic rings. The third-order valence-electron chi connectivity index (χ3n) is 3.28. The average Bonchev–Trinajstić information content (AvgIpc) is 2.37. The van der Waals surface area contributed by atoms with Crippen LogP contribution in [0.2, 0.25) is 0 Å². The third-order valence-corrected chi connectivity index (χ3v) is 3.28. The van der Waals surface area contributed by atoms with Gasteiger partial charge in [-0.3, -0.25) is 4.79 Å². The Morgan fingerprint density at radius 1 is 1.42 bits per heavy atom. The fraction of sp³-hybridized carbons (Fsp3) is 0.750. The first-order chi connectivity index (χ1) is 8.97. The number of methoxy groups -OCH3 is 1. The van der Waals surface area contributed by atoms with Crippen molar-refractivity contribution in [2.45, 2.75) is 32.2 Å². The standard InChI is InChI=1S/C12H20N2O5/c1-8-4-3-7-14(10(8)11(16)17)12(18)13-6-5-9(15)19-2/h8,10H,3-7H2,1-2H3,(H,13,18)(H,16,17). The minimum atomic E-state index is -0.990. The van der Waals surface area contributed by atoms with Crippen LogP contribution < -0.4 is 5.32 Å². The number of ether oxygens (including phenoxy) is 1. The number of likely N-dealkylation sites (tertiary alicyclic amines) is 1. The number of aliphatic carboxylic acids is 1. The summed E-state index contributed by atoms with van der Waals surface area (Å²) >= 11 is 0. The van der Waals surface area contributed by atoms with Crippen LogP contribution in [-0.2, 0) is 14.3 Å². The molecule has 2 amide bonds. The van der Waals surface area contributed by atoms with Crippen molar-refractivity contribution in [1.29, 1.82) is 0 Å². The van der Waals surface area contributed by atoms with Gasteiger partial charge in [-0.05, 0) is 18.8 Å². The molecule has 1 heterocycles. The van der Waals surface area contributed by atoms with Gasteiger partial charge in [-0.25, -0.2) is 9.59 Å². The lowest BCUT2D eigenvalue weighted by Gasteiger charge is -2.37. The second kappa shape index (κ2) is 6.96. The predicted molar refractivity (Wildman–Crippen MR) is 66.6 cm³/mol. The first-order valence-electron chi connectivity index (χ1n) is 6.31. The number of urea groups is 1. The Balaban J connectivity index is 2.53. The van der Waals surface area contributed by atoms with Gasteiger partial charge in [-0.15, -0.1) is 0 Å². The van der Waals surface area contributed by atoms with Gasteiger partial charge in [-0.2, -0.15) is 0 Å². The lowest BCUT2D eigenvalue weighted by Crippen LogP contribution is -2.55. The zero-order chi connectivity index (χ0) is 14.4. The summed E-state index contributed by atoms with van der Waals surface area (Å²) in [5, 5.41) is 11.7. The van der Waals surface area contributed by atoms with E-state index in [9.17, 15) is 19.5 Å². The van der Waals surface area contributed by atoms with Gasteiger partial charge in [0.25, 0.3) is 0 Å². The van der Waals surface area contributed by atoms with E-state index in [1.165, 1.54) is 12.0 Å². The molecule has 1 aliphatic heterocycles. The van der Waals surface area contributed by atoms with E-state index in [2.05, 4.69) is 10.1 Å². The minimum absolute atomic E-state index is 0.0717. The van der Waals surface area contributed by atoms with Crippen molar-refractivity contribution in [1.82, 2.24) is 10.2 Å². The van der Waals surface area contributed by atoms with Crippen LogP contribution in [0.1, 0.15) is 26.2 Å². The zero-order valence-electron chi connectivity index (χ0n) is 11.2. The van der Waals surface area contributed by atoms with Crippen LogP contribution in [0.5, 0.6) is 0 Å². The summed E-state index contributed by atoms with van der Waals surface area (Å²) in [6.45, 7) is 2.39. The normalized spacial score (nSPS) is 22.7. The third kappa shape index (κ3) is 4.11. The van der Waals surface area contributed by atoms with Crippen LogP contribution in [0.3, 0.4) is 0 Å². The molecule has 2 N–H and O–H groups in total. The van der Waals surface area contributed by atoms with Crippen molar-refractivity contribution in [3.8, 4) is 0 Å². The highest BCUT2D eigenvalue weighted by atomic mass is 16.5. The van der Waals surface area contributed by atoms with Crippen molar-refractivity contribution in [2.24, 2.45) is 5.92 Å². The maximum atomic E-state index is 11.9. The number of carboxylic acids is 1. The number of nitrogens with zero attached hydrogens (tertiary/aromatic N) is 1. The van der Waals surface area contributed by atoms with Gasteiger partial charge < -0.3 is 20.1 Å². The largest absolute Gasteiger partial charge is 0.480 e. The smallest absolute Gasteiger partial charge is 0.326 e. The fourth-order valence-electron chi connectivity index (χ4n) is 2.27. The predicted octanol–water partition coefficient (Wildman–Crippen LogP) is 0.444. The molecule has 0 aromatic carbocycles.